The average Bonchev–Trinajstić information content (AvgIpc) is 3.48. The lowest BCUT2D eigenvalue weighted by molar-refractivity contribution is -0.0298. The van der Waals surface area contributed by atoms with Crippen LogP contribution < -0.4 is 10.6 Å². The maximum atomic E-state index is 13.1. The van der Waals surface area contributed by atoms with Crippen LogP contribution in [0.25, 0.3) is 22.4 Å². The van der Waals surface area contributed by atoms with Gasteiger partial charge in [0.25, 0.3) is 5.91 Å². The first-order chi connectivity index (χ1) is 20.8. The minimum absolute atomic E-state index is 0.0972. The lowest BCUT2D eigenvalue weighted by atomic mass is 9.85. The van der Waals surface area contributed by atoms with Gasteiger partial charge in [-0.15, -0.1) is 0 Å². The summed E-state index contributed by atoms with van der Waals surface area (Å²) in [4.78, 5) is 36.0. The molecule has 1 atom stereocenters. The summed E-state index contributed by atoms with van der Waals surface area (Å²) in [6.07, 6.45) is 9.56. The molecule has 1 fully saturated rings. The fraction of sp³-hybridized carbons (Fsp3) is 0.281. The Labute approximate surface area is 249 Å². The second-order valence-electron chi connectivity index (χ2n) is 11.0. The molecule has 43 heavy (non-hydrogen) atoms. The number of benzene rings is 1. The van der Waals surface area contributed by atoms with E-state index in [1.165, 1.54) is 6.33 Å². The summed E-state index contributed by atoms with van der Waals surface area (Å²) in [6.45, 7) is 6.23. The molecule has 0 spiro atoms. The molecule has 1 aromatic carbocycles. The maximum Gasteiger partial charge on any atom is 0.255 e. The van der Waals surface area contributed by atoms with Crippen molar-refractivity contribution in [2.45, 2.75) is 51.7 Å². The molecule has 11 nitrogen and oxygen atoms in total. The SMILES string of the molecule is Cc1ncc(NC(=O)c2cccc(C(C)(C)C#N)c2)cc1Nc1ncccc1-c1ncnc2c1ncn2C1CCCCO1. The summed E-state index contributed by atoms with van der Waals surface area (Å²) in [5.41, 5.74) is 5.16. The molecule has 0 aliphatic carbocycles. The number of nitrogens with one attached hydrogen (secondary N) is 2. The predicted octanol–water partition coefficient (Wildman–Crippen LogP) is 6.09. The number of rotatable bonds is 7. The largest absolute Gasteiger partial charge is 0.358 e. The van der Waals surface area contributed by atoms with Gasteiger partial charge in [0.2, 0.25) is 0 Å². The van der Waals surface area contributed by atoms with Crippen LogP contribution in [0.3, 0.4) is 0 Å². The lowest BCUT2D eigenvalue weighted by Gasteiger charge is -2.23. The van der Waals surface area contributed by atoms with Crippen molar-refractivity contribution in [1.29, 1.82) is 5.26 Å². The van der Waals surface area contributed by atoms with E-state index >= 15 is 0 Å². The van der Waals surface area contributed by atoms with E-state index in [0.29, 0.717) is 39.6 Å². The molecule has 5 heterocycles. The van der Waals surface area contributed by atoms with Crippen LogP contribution in [0.15, 0.2) is 67.5 Å². The summed E-state index contributed by atoms with van der Waals surface area (Å²) >= 11 is 0. The normalized spacial score (nSPS) is 15.2. The third-order valence-electron chi connectivity index (χ3n) is 7.61. The summed E-state index contributed by atoms with van der Waals surface area (Å²) in [6, 6.07) is 14.9. The third kappa shape index (κ3) is 5.65. The monoisotopic (exact) mass is 573 g/mol. The van der Waals surface area contributed by atoms with Crippen LogP contribution in [0.4, 0.5) is 17.2 Å². The highest BCUT2D eigenvalue weighted by Crippen LogP contribution is 2.34. The van der Waals surface area contributed by atoms with Crippen molar-refractivity contribution in [2.24, 2.45) is 0 Å². The number of carbonyl (C=O) groups is 1. The molecule has 216 valence electrons. The third-order valence-corrected chi connectivity index (χ3v) is 7.61. The molecule has 0 bridgehead atoms. The predicted molar refractivity (Wildman–Crippen MR) is 163 cm³/mol. The molecule has 5 aromatic rings. The zero-order valence-electron chi connectivity index (χ0n) is 24.2. The Bertz CT molecular complexity index is 1850. The Kier molecular flexibility index (Phi) is 7.52. The number of fused-ring (bicyclic) bond motifs is 1. The van der Waals surface area contributed by atoms with Crippen LogP contribution >= 0.6 is 0 Å². The number of ether oxygens (including phenoxy) is 1. The van der Waals surface area contributed by atoms with Gasteiger partial charge in [-0.25, -0.2) is 19.9 Å². The number of aryl methyl sites for hydroxylation is 1. The van der Waals surface area contributed by atoms with E-state index in [0.717, 1.165) is 42.7 Å². The number of amides is 1. The smallest absolute Gasteiger partial charge is 0.255 e. The van der Waals surface area contributed by atoms with E-state index in [4.69, 9.17) is 4.74 Å². The molecule has 1 aliphatic heterocycles. The molecule has 4 aromatic heterocycles. The Hall–Kier alpha value is -5.21. The van der Waals surface area contributed by atoms with Crippen molar-refractivity contribution >= 4 is 34.3 Å². The van der Waals surface area contributed by atoms with Gasteiger partial charge >= 0.3 is 0 Å². The molecule has 0 radical (unpaired) electrons. The molecule has 1 saturated heterocycles. The van der Waals surface area contributed by atoms with Crippen molar-refractivity contribution in [3.63, 3.8) is 0 Å². The van der Waals surface area contributed by atoms with Crippen LogP contribution in [-0.2, 0) is 10.2 Å². The maximum absolute atomic E-state index is 13.1. The van der Waals surface area contributed by atoms with Gasteiger partial charge in [-0.05, 0) is 75.9 Å². The number of pyridine rings is 2. The molecule has 1 aliphatic rings. The van der Waals surface area contributed by atoms with Gasteiger partial charge in [-0.3, -0.25) is 14.3 Å². The summed E-state index contributed by atoms with van der Waals surface area (Å²) in [7, 11) is 0. The molecule has 6 rings (SSSR count). The minimum atomic E-state index is -0.712. The zero-order valence-corrected chi connectivity index (χ0v) is 24.2. The van der Waals surface area contributed by atoms with E-state index in [1.807, 2.05) is 49.6 Å². The van der Waals surface area contributed by atoms with E-state index in [-0.39, 0.29) is 12.1 Å². The van der Waals surface area contributed by atoms with Gasteiger partial charge in [0.15, 0.2) is 5.65 Å². The first-order valence-electron chi connectivity index (χ1n) is 14.2. The molecule has 1 amide bonds. The van der Waals surface area contributed by atoms with Crippen LogP contribution in [0.2, 0.25) is 0 Å². The number of aromatic nitrogens is 6. The van der Waals surface area contributed by atoms with Crippen molar-refractivity contribution in [3.05, 3.63) is 84.3 Å². The van der Waals surface area contributed by atoms with Crippen molar-refractivity contribution in [1.82, 2.24) is 29.5 Å². The van der Waals surface area contributed by atoms with Crippen molar-refractivity contribution in [2.75, 3.05) is 17.2 Å². The van der Waals surface area contributed by atoms with E-state index in [9.17, 15) is 10.1 Å². The van der Waals surface area contributed by atoms with Gasteiger partial charge in [-0.2, -0.15) is 5.26 Å². The Morgan fingerprint density at radius 1 is 1.09 bits per heavy atom. The second kappa shape index (κ2) is 11.6. The van der Waals surface area contributed by atoms with Gasteiger partial charge in [-0.1, -0.05) is 12.1 Å². The topological polar surface area (TPSA) is 144 Å². The molecular weight excluding hydrogens is 542 g/mol. The molecule has 0 saturated carbocycles. The van der Waals surface area contributed by atoms with E-state index < -0.39 is 5.41 Å². The van der Waals surface area contributed by atoms with Gasteiger partial charge < -0.3 is 15.4 Å². The molecule has 11 heteroatoms. The number of nitriles is 1. The number of hydrogen-bond acceptors (Lipinski definition) is 9. The first kappa shape index (κ1) is 27.9. The van der Waals surface area contributed by atoms with Gasteiger partial charge in [0.05, 0.1) is 41.1 Å². The Balaban J connectivity index is 1.28. The lowest BCUT2D eigenvalue weighted by Crippen LogP contribution is -2.17. The fourth-order valence-corrected chi connectivity index (χ4v) is 5.07. The quantitative estimate of drug-likeness (QED) is 0.236. The van der Waals surface area contributed by atoms with Gasteiger partial charge in [0, 0.05) is 23.9 Å². The first-order valence-corrected chi connectivity index (χ1v) is 14.2. The van der Waals surface area contributed by atoms with E-state index in [1.54, 1.807) is 36.9 Å². The highest BCUT2D eigenvalue weighted by Gasteiger charge is 2.23. The molecular formula is C32H31N9O2. The zero-order chi connectivity index (χ0) is 30.0. The number of carbonyl (C=O) groups excluding carboxylic acids is 1. The second-order valence-corrected chi connectivity index (χ2v) is 11.0. The van der Waals surface area contributed by atoms with Crippen molar-refractivity contribution < 1.29 is 9.53 Å². The minimum Gasteiger partial charge on any atom is -0.358 e. The van der Waals surface area contributed by atoms with Crippen molar-refractivity contribution in [3.8, 4) is 17.3 Å². The summed E-state index contributed by atoms with van der Waals surface area (Å²) < 4.78 is 7.95. The standard InChI is InChI=1S/C32H31N9O2/c1-20-25(15-23(16-35-20)39-31(42)21-8-6-9-22(14-21)32(2,3)17-33)40-29-24(10-7-12-34-29)27-28-30(37-18-36-27)41(19-38-28)26-11-4-5-13-43-26/h6-10,12,14-16,18-19,26H,4-5,11,13H2,1-3H3,(H,34,40)(H,39,42). The fourth-order valence-electron chi connectivity index (χ4n) is 5.07. The van der Waals surface area contributed by atoms with Gasteiger partial charge in [0.1, 0.15) is 29.6 Å². The van der Waals surface area contributed by atoms with E-state index in [2.05, 4.69) is 41.6 Å². The Morgan fingerprint density at radius 3 is 2.79 bits per heavy atom. The number of nitrogens with zero attached hydrogens (tertiary/aromatic N) is 7. The molecule has 2 N–H and O–H groups in total. The highest BCUT2D eigenvalue weighted by atomic mass is 16.5. The summed E-state index contributed by atoms with van der Waals surface area (Å²) in [5.74, 6) is 0.261. The number of hydrogen-bond donors (Lipinski definition) is 2. The Morgan fingerprint density at radius 2 is 1.98 bits per heavy atom. The van der Waals surface area contributed by atoms with Crippen LogP contribution in [0.5, 0.6) is 0 Å². The highest BCUT2D eigenvalue weighted by molar-refractivity contribution is 6.04. The van der Waals surface area contributed by atoms with Crippen LogP contribution in [0, 0.1) is 18.3 Å². The number of imidazole rings is 1. The summed E-state index contributed by atoms with van der Waals surface area (Å²) in [5, 5.41) is 15.8. The average molecular weight is 574 g/mol. The number of anilines is 3. The molecule has 1 unspecified atom stereocenters. The van der Waals surface area contributed by atoms with Crippen LogP contribution in [-0.4, -0.2) is 42.0 Å². The van der Waals surface area contributed by atoms with Crippen LogP contribution in [0.1, 0.15) is 61.0 Å².